The Morgan fingerprint density at radius 3 is 2.32 bits per heavy atom. The Labute approximate surface area is 157 Å². The highest BCUT2D eigenvalue weighted by Gasteiger charge is 2.27. The maximum absolute atomic E-state index is 12.5. The van der Waals surface area contributed by atoms with Crippen molar-refractivity contribution in [3.63, 3.8) is 0 Å². The van der Waals surface area contributed by atoms with E-state index in [1.807, 2.05) is 59.5 Å². The number of hydrogen-bond acceptors (Lipinski definition) is 3. The first kappa shape index (κ1) is 18.0. The quantitative estimate of drug-likeness (QED) is 0.569. The zero-order valence-corrected chi connectivity index (χ0v) is 15.4. The maximum atomic E-state index is 12.5. The van der Waals surface area contributed by atoms with Gasteiger partial charge in [0.25, 0.3) is 0 Å². The molecule has 5 heteroatoms. The fourth-order valence-corrected chi connectivity index (χ4v) is 4.16. The zero-order valence-electron chi connectivity index (χ0n) is 13.9. The molecule has 0 saturated carbocycles. The molecule has 3 rings (SSSR count). The summed E-state index contributed by atoms with van der Waals surface area (Å²) < 4.78 is 0. The Hall–Kier alpha value is -1.78. The first-order valence-electron chi connectivity index (χ1n) is 8.39. The summed E-state index contributed by atoms with van der Waals surface area (Å²) in [6.45, 7) is 1.29. The van der Waals surface area contributed by atoms with Crippen molar-refractivity contribution in [1.82, 2.24) is 4.90 Å². The highest BCUT2D eigenvalue weighted by molar-refractivity contribution is 8.00. The number of nitrogens with zero attached hydrogens (tertiary/aromatic N) is 1. The number of Topliss-reactive ketones (excluding diaryl/α,β-unsaturated/α-hetero) is 1. The zero-order chi connectivity index (χ0) is 17.6. The molecule has 1 saturated heterocycles. The van der Waals surface area contributed by atoms with Crippen molar-refractivity contribution in [3.8, 4) is 0 Å². The molecule has 2 aromatic rings. The van der Waals surface area contributed by atoms with E-state index in [2.05, 4.69) is 0 Å². The number of piperidine rings is 1. The van der Waals surface area contributed by atoms with Crippen LogP contribution in [0.3, 0.4) is 0 Å². The summed E-state index contributed by atoms with van der Waals surface area (Å²) in [4.78, 5) is 27.7. The second kappa shape index (κ2) is 8.54. The van der Waals surface area contributed by atoms with E-state index in [0.717, 1.165) is 23.3 Å². The highest BCUT2D eigenvalue weighted by atomic mass is 35.5. The third-order valence-electron chi connectivity index (χ3n) is 4.46. The van der Waals surface area contributed by atoms with E-state index < -0.39 is 0 Å². The topological polar surface area (TPSA) is 37.4 Å². The average molecular weight is 374 g/mol. The van der Waals surface area contributed by atoms with Gasteiger partial charge in [0.2, 0.25) is 5.91 Å². The molecule has 0 aromatic heterocycles. The normalized spacial score (nSPS) is 15.2. The van der Waals surface area contributed by atoms with E-state index in [1.54, 1.807) is 0 Å². The van der Waals surface area contributed by atoms with Gasteiger partial charge in [0, 0.05) is 29.5 Å². The summed E-state index contributed by atoms with van der Waals surface area (Å²) >= 11 is 7.59. The molecule has 1 heterocycles. The molecular formula is C20H20ClNO2S. The molecule has 3 nitrogen and oxygen atoms in total. The molecule has 0 unspecified atom stereocenters. The van der Waals surface area contributed by atoms with Crippen molar-refractivity contribution in [2.24, 2.45) is 5.92 Å². The molecule has 1 aliphatic rings. The van der Waals surface area contributed by atoms with E-state index in [0.29, 0.717) is 23.9 Å². The summed E-state index contributed by atoms with van der Waals surface area (Å²) in [5, 5.41) is 0.674. The molecule has 0 aliphatic carbocycles. The van der Waals surface area contributed by atoms with Crippen molar-refractivity contribution in [2.45, 2.75) is 17.7 Å². The number of carbonyl (C=O) groups excluding carboxylic acids is 2. The van der Waals surface area contributed by atoms with Gasteiger partial charge in [-0.2, -0.15) is 0 Å². The Bertz CT molecular complexity index is 742. The number of rotatable bonds is 5. The van der Waals surface area contributed by atoms with Gasteiger partial charge in [0.1, 0.15) is 0 Å². The number of thioether (sulfide) groups is 1. The fraction of sp³-hybridized carbons (Fsp3) is 0.300. The van der Waals surface area contributed by atoms with E-state index in [-0.39, 0.29) is 17.6 Å². The number of likely N-dealkylation sites (tertiary alicyclic amines) is 1. The van der Waals surface area contributed by atoms with Crippen molar-refractivity contribution in [3.05, 3.63) is 65.2 Å². The smallest absolute Gasteiger partial charge is 0.232 e. The highest BCUT2D eigenvalue weighted by Crippen LogP contribution is 2.28. The van der Waals surface area contributed by atoms with Gasteiger partial charge >= 0.3 is 0 Å². The first-order chi connectivity index (χ1) is 12.1. The Morgan fingerprint density at radius 2 is 1.64 bits per heavy atom. The number of benzene rings is 2. The van der Waals surface area contributed by atoms with Crippen molar-refractivity contribution in [2.75, 3.05) is 18.8 Å². The largest absolute Gasteiger partial charge is 0.342 e. The molecule has 0 spiro atoms. The van der Waals surface area contributed by atoms with Crippen LogP contribution in [0.25, 0.3) is 0 Å². The molecular weight excluding hydrogens is 354 g/mol. The van der Waals surface area contributed by atoms with Gasteiger partial charge in [-0.25, -0.2) is 0 Å². The number of amides is 1. The lowest BCUT2D eigenvalue weighted by Crippen LogP contribution is -2.41. The molecule has 1 aliphatic heterocycles. The molecule has 1 fully saturated rings. The molecule has 130 valence electrons. The van der Waals surface area contributed by atoms with E-state index >= 15 is 0 Å². The minimum Gasteiger partial charge on any atom is -0.342 e. The van der Waals surface area contributed by atoms with Gasteiger partial charge in [-0.1, -0.05) is 54.1 Å². The summed E-state index contributed by atoms with van der Waals surface area (Å²) in [5.74, 6) is 0.692. The van der Waals surface area contributed by atoms with Gasteiger partial charge in [0.05, 0.1) is 10.8 Å². The molecule has 0 atom stereocenters. The molecule has 0 N–H and O–H groups in total. The third-order valence-corrected chi connectivity index (χ3v) is 5.96. The Kier molecular flexibility index (Phi) is 6.16. The number of hydrogen-bond donors (Lipinski definition) is 0. The summed E-state index contributed by atoms with van der Waals surface area (Å²) in [7, 11) is 0. The Morgan fingerprint density at radius 1 is 1.00 bits per heavy atom. The van der Waals surface area contributed by atoms with Crippen molar-refractivity contribution >= 4 is 35.1 Å². The van der Waals surface area contributed by atoms with Crippen LogP contribution in [0.15, 0.2) is 59.5 Å². The molecule has 1 amide bonds. The van der Waals surface area contributed by atoms with Crippen LogP contribution in [0, 0.1) is 5.92 Å². The minimum atomic E-state index is 0.0164. The SMILES string of the molecule is O=C(c1ccccc1)C1CCN(C(=O)CSc2ccccc2Cl)CC1. The standard InChI is InChI=1S/C20H20ClNO2S/c21-17-8-4-5-9-18(17)25-14-19(23)22-12-10-16(11-13-22)20(24)15-6-2-1-3-7-15/h1-9,16H,10-14H2. The maximum Gasteiger partial charge on any atom is 0.232 e. The van der Waals surface area contributed by atoms with Crippen molar-refractivity contribution < 1.29 is 9.59 Å². The predicted molar refractivity (Wildman–Crippen MR) is 102 cm³/mol. The third kappa shape index (κ3) is 4.65. The van der Waals surface area contributed by atoms with E-state index in [4.69, 9.17) is 11.6 Å². The lowest BCUT2D eigenvalue weighted by Gasteiger charge is -2.31. The van der Waals surface area contributed by atoms with Crippen LogP contribution in [0.4, 0.5) is 0 Å². The van der Waals surface area contributed by atoms with Gasteiger partial charge < -0.3 is 4.90 Å². The summed E-state index contributed by atoms with van der Waals surface area (Å²) in [6, 6.07) is 17.0. The van der Waals surface area contributed by atoms with Gasteiger partial charge in [0.15, 0.2) is 5.78 Å². The van der Waals surface area contributed by atoms with Crippen LogP contribution < -0.4 is 0 Å². The number of ketones is 1. The van der Waals surface area contributed by atoms with E-state index in [1.165, 1.54) is 11.8 Å². The number of carbonyl (C=O) groups is 2. The summed E-state index contributed by atoms with van der Waals surface area (Å²) in [5.41, 5.74) is 0.765. The molecule has 0 radical (unpaired) electrons. The van der Waals surface area contributed by atoms with Crippen LogP contribution in [0.2, 0.25) is 5.02 Å². The summed E-state index contributed by atoms with van der Waals surface area (Å²) in [6.07, 6.45) is 1.46. The van der Waals surface area contributed by atoms with Crippen LogP contribution in [-0.4, -0.2) is 35.4 Å². The van der Waals surface area contributed by atoms with Crippen LogP contribution in [0.1, 0.15) is 23.2 Å². The predicted octanol–water partition coefficient (Wildman–Crippen LogP) is 4.55. The molecule has 0 bridgehead atoms. The second-order valence-electron chi connectivity index (χ2n) is 6.10. The minimum absolute atomic E-state index is 0.0164. The lowest BCUT2D eigenvalue weighted by molar-refractivity contribution is -0.129. The number of halogens is 1. The van der Waals surface area contributed by atoms with Gasteiger partial charge in [-0.15, -0.1) is 11.8 Å². The van der Waals surface area contributed by atoms with Crippen LogP contribution in [-0.2, 0) is 4.79 Å². The lowest BCUT2D eigenvalue weighted by atomic mass is 9.89. The van der Waals surface area contributed by atoms with E-state index in [9.17, 15) is 9.59 Å². The van der Waals surface area contributed by atoms with Gasteiger partial charge in [-0.05, 0) is 25.0 Å². The van der Waals surface area contributed by atoms with Crippen LogP contribution in [0.5, 0.6) is 0 Å². The molecule has 2 aromatic carbocycles. The van der Waals surface area contributed by atoms with Gasteiger partial charge in [-0.3, -0.25) is 9.59 Å². The fourth-order valence-electron chi connectivity index (χ4n) is 3.02. The second-order valence-corrected chi connectivity index (χ2v) is 7.53. The Balaban J connectivity index is 1.49. The van der Waals surface area contributed by atoms with Crippen LogP contribution >= 0.6 is 23.4 Å². The van der Waals surface area contributed by atoms with Crippen molar-refractivity contribution in [1.29, 1.82) is 0 Å². The first-order valence-corrected chi connectivity index (χ1v) is 9.76. The monoisotopic (exact) mass is 373 g/mol. The molecule has 25 heavy (non-hydrogen) atoms. The average Bonchev–Trinajstić information content (AvgIpc) is 2.67.